The monoisotopic (exact) mass is 356 g/mol. The summed E-state index contributed by atoms with van der Waals surface area (Å²) >= 11 is 0. The van der Waals surface area contributed by atoms with Crippen molar-refractivity contribution < 1.29 is 31.1 Å². The molecule has 1 atom stereocenters. The molecule has 0 aliphatic carbocycles. The van der Waals surface area contributed by atoms with Crippen LogP contribution in [0, 0.1) is 45.0 Å². The van der Waals surface area contributed by atoms with E-state index in [0.717, 1.165) is 13.1 Å². The van der Waals surface area contributed by atoms with Crippen LogP contribution in [0.1, 0.15) is 0 Å². The third-order valence-electron chi connectivity index (χ3n) is 0.940. The standard InChI is InChI=1S/C5H12NP.U/c1-4-6(5-2)7-3;/h7H,1-2,4-5H2,3H3;/q-2;+2/p+1. The van der Waals surface area contributed by atoms with Crippen molar-refractivity contribution in [3.8, 4) is 0 Å². The molecule has 0 aromatic carbocycles. The molecule has 3 heteroatoms. The van der Waals surface area contributed by atoms with Crippen LogP contribution in [0.4, 0.5) is 0 Å². The molecule has 0 aliphatic heterocycles. The van der Waals surface area contributed by atoms with E-state index in [9.17, 15) is 0 Å². The van der Waals surface area contributed by atoms with Gasteiger partial charge in [0, 0.05) is 8.73 Å². The van der Waals surface area contributed by atoms with Crippen molar-refractivity contribution in [3.05, 3.63) is 13.8 Å². The number of nitrogens with zero attached hydrogens (tertiary/aromatic N) is 1. The van der Waals surface area contributed by atoms with Crippen molar-refractivity contribution >= 4 is 8.73 Å². The molecule has 0 N–H and O–H groups in total. The van der Waals surface area contributed by atoms with Gasteiger partial charge in [-0.1, -0.05) is 13.1 Å². The van der Waals surface area contributed by atoms with Crippen molar-refractivity contribution in [1.29, 1.82) is 0 Å². The minimum Gasteiger partial charge on any atom is -0.326 e. The van der Waals surface area contributed by atoms with Crippen LogP contribution in [-0.2, 0) is 0 Å². The fraction of sp³-hybridized carbons (Fsp3) is 0.600. The maximum Gasteiger partial charge on any atom is 2.00 e. The van der Waals surface area contributed by atoms with E-state index in [-0.39, 0.29) is 31.1 Å². The zero-order valence-corrected chi connectivity index (χ0v) is 10.7. The van der Waals surface area contributed by atoms with E-state index in [1.54, 1.807) is 0 Å². The zero-order chi connectivity index (χ0) is 5.70. The summed E-state index contributed by atoms with van der Waals surface area (Å²) in [6.45, 7) is 11.5. The summed E-state index contributed by atoms with van der Waals surface area (Å²) < 4.78 is 2.24. The van der Waals surface area contributed by atoms with Crippen LogP contribution in [0.25, 0.3) is 0 Å². The Bertz CT molecular complexity index is 33.9. The molecule has 0 fully saturated rings. The molecule has 0 bridgehead atoms. The van der Waals surface area contributed by atoms with Crippen molar-refractivity contribution in [2.45, 2.75) is 0 Å². The van der Waals surface area contributed by atoms with Gasteiger partial charge in [0.05, 0.1) is 6.66 Å². The number of hydrogen-bond acceptors (Lipinski definition) is 1. The Balaban J connectivity index is 0. The van der Waals surface area contributed by atoms with Gasteiger partial charge in [0.2, 0.25) is 0 Å². The molecule has 8 heavy (non-hydrogen) atoms. The molecule has 0 spiro atoms. The van der Waals surface area contributed by atoms with Gasteiger partial charge >= 0.3 is 31.1 Å². The van der Waals surface area contributed by atoms with E-state index in [4.69, 9.17) is 0 Å². The van der Waals surface area contributed by atoms with E-state index in [2.05, 4.69) is 25.2 Å². The van der Waals surface area contributed by atoms with Gasteiger partial charge < -0.3 is 13.8 Å². The van der Waals surface area contributed by atoms with Crippen LogP contribution in [0.5, 0.6) is 0 Å². The number of rotatable bonds is 3. The normalized spacial score (nSPS) is 10.5. The Labute approximate surface area is 77.8 Å². The molecule has 0 saturated heterocycles. The fourth-order valence-electron chi connectivity index (χ4n) is 0.370. The zero-order valence-electron chi connectivity index (χ0n) is 5.35. The summed E-state index contributed by atoms with van der Waals surface area (Å²) in [5, 5.41) is 0. The van der Waals surface area contributed by atoms with Crippen molar-refractivity contribution in [1.82, 2.24) is 4.67 Å². The van der Waals surface area contributed by atoms with Gasteiger partial charge in [-0.15, -0.1) is 0 Å². The van der Waals surface area contributed by atoms with Gasteiger partial charge in [-0.2, -0.15) is 0 Å². The van der Waals surface area contributed by atoms with Crippen molar-refractivity contribution in [3.63, 3.8) is 0 Å². The van der Waals surface area contributed by atoms with Gasteiger partial charge in [-0.25, -0.2) is 4.67 Å². The predicted octanol–water partition coefficient (Wildman–Crippen LogP) is 0.912. The van der Waals surface area contributed by atoms with E-state index in [1.165, 1.54) is 0 Å². The first kappa shape index (κ1) is 12.1. The first-order valence-corrected chi connectivity index (χ1v) is 4.14. The third-order valence-corrected chi connectivity index (χ3v) is 2.19. The number of hydrogen-bond donors (Lipinski definition) is 0. The topological polar surface area (TPSA) is 3.24 Å². The van der Waals surface area contributed by atoms with E-state index >= 15 is 0 Å². The summed E-state index contributed by atoms with van der Waals surface area (Å²) in [6.07, 6.45) is 0. The van der Waals surface area contributed by atoms with Gasteiger partial charge in [-0.3, -0.25) is 0 Å². The summed E-state index contributed by atoms with van der Waals surface area (Å²) in [7, 11) is 0.447. The molecular formula is C5H13NPU+. The van der Waals surface area contributed by atoms with E-state index < -0.39 is 0 Å². The van der Waals surface area contributed by atoms with Crippen LogP contribution in [-0.4, -0.2) is 24.4 Å². The molecule has 1 unspecified atom stereocenters. The predicted molar refractivity (Wildman–Crippen MR) is 37.9 cm³/mol. The average Bonchev–Trinajstić information content (AvgIpc) is 1.72. The Morgan fingerprint density at radius 3 is 1.75 bits per heavy atom. The molecule has 0 rings (SSSR count). The largest absolute Gasteiger partial charge is 2.00 e. The molecule has 0 amide bonds. The van der Waals surface area contributed by atoms with Crippen molar-refractivity contribution in [2.24, 2.45) is 0 Å². The van der Waals surface area contributed by atoms with Crippen LogP contribution >= 0.6 is 8.73 Å². The minimum atomic E-state index is 0. The molecule has 46 valence electrons. The second kappa shape index (κ2) is 8.44. The van der Waals surface area contributed by atoms with Crippen LogP contribution in [0.15, 0.2) is 0 Å². The molecule has 0 radical (unpaired) electrons. The Hall–Kier alpha value is 1.44. The van der Waals surface area contributed by atoms with E-state index in [0.29, 0.717) is 8.73 Å². The van der Waals surface area contributed by atoms with Crippen molar-refractivity contribution in [2.75, 3.05) is 19.8 Å². The van der Waals surface area contributed by atoms with Crippen LogP contribution in [0.2, 0.25) is 0 Å². The molecule has 0 saturated carbocycles. The van der Waals surface area contributed by atoms with Gasteiger partial charge in [0.25, 0.3) is 0 Å². The second-order valence-corrected chi connectivity index (χ2v) is 2.54. The minimum absolute atomic E-state index is 0. The van der Waals surface area contributed by atoms with Gasteiger partial charge in [0.15, 0.2) is 0 Å². The Morgan fingerprint density at radius 2 is 1.75 bits per heavy atom. The first-order chi connectivity index (χ1) is 3.35. The van der Waals surface area contributed by atoms with Gasteiger partial charge in [-0.05, 0) is 0 Å². The summed E-state index contributed by atoms with van der Waals surface area (Å²) in [4.78, 5) is 0. The van der Waals surface area contributed by atoms with Gasteiger partial charge in [0.1, 0.15) is 0 Å². The summed E-state index contributed by atoms with van der Waals surface area (Å²) in [5.41, 5.74) is 0. The quantitative estimate of drug-likeness (QED) is 0.537. The average molecular weight is 356 g/mol. The first-order valence-electron chi connectivity index (χ1n) is 2.47. The maximum absolute atomic E-state index is 3.73. The fourth-order valence-corrected chi connectivity index (χ4v) is 0.886. The molecule has 0 aromatic rings. The SMILES string of the molecule is [CH2-]CN(C[CH2-])[PH2+]C.[U+2]. The summed E-state index contributed by atoms with van der Waals surface area (Å²) in [6, 6.07) is 0. The summed E-state index contributed by atoms with van der Waals surface area (Å²) in [5.74, 6) is 0. The third kappa shape index (κ3) is 5.58. The maximum atomic E-state index is 3.73. The molecule has 1 nitrogen and oxygen atoms in total. The smallest absolute Gasteiger partial charge is 0.326 e. The Morgan fingerprint density at radius 1 is 1.38 bits per heavy atom. The van der Waals surface area contributed by atoms with Crippen LogP contribution < -0.4 is 0 Å². The molecular weight excluding hydrogens is 343 g/mol. The van der Waals surface area contributed by atoms with E-state index in [1.807, 2.05) is 0 Å². The van der Waals surface area contributed by atoms with Crippen LogP contribution in [0.3, 0.4) is 0 Å². The molecule has 0 aromatic heterocycles. The molecule has 0 heterocycles. The molecule has 0 aliphatic rings. The second-order valence-electron chi connectivity index (χ2n) is 1.29. The Kier molecular flexibility index (Phi) is 12.8.